The molecule has 0 spiro atoms. The van der Waals surface area contributed by atoms with E-state index in [0.717, 1.165) is 6.54 Å². The van der Waals surface area contributed by atoms with Crippen LogP contribution in [0.5, 0.6) is 0 Å². The van der Waals surface area contributed by atoms with Crippen molar-refractivity contribution in [1.82, 2.24) is 10.6 Å². The van der Waals surface area contributed by atoms with E-state index >= 15 is 0 Å². The summed E-state index contributed by atoms with van der Waals surface area (Å²) in [6, 6.07) is 0.618. The number of carbonyl (C=O) groups is 1. The Morgan fingerprint density at radius 3 is 2.93 bits per heavy atom. The smallest absolute Gasteiger partial charge is 0.234 e. The van der Waals surface area contributed by atoms with Crippen molar-refractivity contribution in [3.63, 3.8) is 0 Å². The number of rotatable bonds is 5. The molecule has 1 aliphatic heterocycles. The molecule has 0 aromatic rings. The molecule has 86 valence electrons. The molecule has 1 amide bonds. The monoisotopic (exact) mass is 228 g/mol. The van der Waals surface area contributed by atoms with Crippen LogP contribution < -0.4 is 10.6 Å². The number of carbonyl (C=O) groups excluding carboxylic acids is 1. The van der Waals surface area contributed by atoms with Gasteiger partial charge in [0.15, 0.2) is 0 Å². The van der Waals surface area contributed by atoms with Crippen LogP contribution >= 0.6 is 11.8 Å². The molecule has 0 radical (unpaired) electrons. The van der Waals surface area contributed by atoms with Gasteiger partial charge in [-0.15, -0.1) is 0 Å². The minimum absolute atomic E-state index is 0.149. The molecule has 0 aromatic heterocycles. The van der Waals surface area contributed by atoms with Gasteiger partial charge in [-0.05, 0) is 38.4 Å². The molecule has 3 nitrogen and oxygen atoms in total. The molecule has 1 aliphatic carbocycles. The fourth-order valence-electron chi connectivity index (χ4n) is 1.85. The standard InChI is InChI=1S/C11H20N2OS/c1-11(5-2-6-15-11)8-13-10(14)7-12-9-3-4-9/h9,12H,2-8H2,1H3,(H,13,14). The van der Waals surface area contributed by atoms with Gasteiger partial charge in [0.25, 0.3) is 0 Å². The van der Waals surface area contributed by atoms with E-state index in [1.807, 2.05) is 11.8 Å². The van der Waals surface area contributed by atoms with Crippen molar-refractivity contribution in [1.29, 1.82) is 0 Å². The van der Waals surface area contributed by atoms with Crippen molar-refractivity contribution in [2.75, 3.05) is 18.8 Å². The van der Waals surface area contributed by atoms with Crippen molar-refractivity contribution < 1.29 is 4.79 Å². The van der Waals surface area contributed by atoms with Crippen molar-refractivity contribution in [3.8, 4) is 0 Å². The average molecular weight is 228 g/mol. The van der Waals surface area contributed by atoms with E-state index in [4.69, 9.17) is 0 Å². The fourth-order valence-corrected chi connectivity index (χ4v) is 3.09. The van der Waals surface area contributed by atoms with Crippen LogP contribution in [-0.4, -0.2) is 35.5 Å². The van der Waals surface area contributed by atoms with Crippen LogP contribution in [0.4, 0.5) is 0 Å². The minimum Gasteiger partial charge on any atom is -0.354 e. The molecule has 2 rings (SSSR count). The third-order valence-electron chi connectivity index (χ3n) is 3.09. The molecular formula is C11H20N2OS. The predicted molar refractivity (Wildman–Crippen MR) is 64.1 cm³/mol. The lowest BCUT2D eigenvalue weighted by Crippen LogP contribution is -2.41. The van der Waals surface area contributed by atoms with Crippen molar-refractivity contribution in [3.05, 3.63) is 0 Å². The maximum absolute atomic E-state index is 11.5. The minimum atomic E-state index is 0.149. The van der Waals surface area contributed by atoms with Crippen molar-refractivity contribution in [2.45, 2.75) is 43.4 Å². The van der Waals surface area contributed by atoms with E-state index < -0.39 is 0 Å². The lowest BCUT2D eigenvalue weighted by molar-refractivity contribution is -0.120. The Morgan fingerprint density at radius 1 is 1.53 bits per heavy atom. The molecule has 2 N–H and O–H groups in total. The molecule has 1 atom stereocenters. The molecule has 0 bridgehead atoms. The molecule has 1 saturated carbocycles. The van der Waals surface area contributed by atoms with E-state index in [2.05, 4.69) is 17.6 Å². The number of nitrogens with one attached hydrogen (secondary N) is 2. The van der Waals surface area contributed by atoms with Gasteiger partial charge < -0.3 is 10.6 Å². The zero-order valence-electron chi connectivity index (χ0n) is 9.34. The van der Waals surface area contributed by atoms with Crippen LogP contribution in [-0.2, 0) is 4.79 Å². The Hall–Kier alpha value is -0.220. The highest BCUT2D eigenvalue weighted by Gasteiger charge is 2.29. The molecular weight excluding hydrogens is 208 g/mol. The Bertz CT molecular complexity index is 235. The van der Waals surface area contributed by atoms with E-state index in [1.54, 1.807) is 0 Å². The first-order valence-corrected chi connectivity index (χ1v) is 6.81. The summed E-state index contributed by atoms with van der Waals surface area (Å²) < 4.78 is 0.287. The summed E-state index contributed by atoms with van der Waals surface area (Å²) in [6.45, 7) is 3.56. The van der Waals surface area contributed by atoms with Gasteiger partial charge >= 0.3 is 0 Å². The zero-order valence-corrected chi connectivity index (χ0v) is 10.2. The predicted octanol–water partition coefficient (Wildman–Crippen LogP) is 1.14. The van der Waals surface area contributed by atoms with E-state index in [-0.39, 0.29) is 10.7 Å². The van der Waals surface area contributed by atoms with Gasteiger partial charge in [-0.2, -0.15) is 11.8 Å². The summed E-state index contributed by atoms with van der Waals surface area (Å²) in [5.41, 5.74) is 0. The highest BCUT2D eigenvalue weighted by molar-refractivity contribution is 8.00. The van der Waals surface area contributed by atoms with Crippen LogP contribution in [0, 0.1) is 0 Å². The summed E-state index contributed by atoms with van der Waals surface area (Å²) in [7, 11) is 0. The lowest BCUT2D eigenvalue weighted by atomic mass is 10.1. The maximum Gasteiger partial charge on any atom is 0.234 e. The molecule has 2 aliphatic rings. The third-order valence-corrected chi connectivity index (χ3v) is 4.63. The molecule has 1 unspecified atom stereocenters. The highest BCUT2D eigenvalue weighted by atomic mass is 32.2. The molecule has 4 heteroatoms. The molecule has 0 aromatic carbocycles. The third kappa shape index (κ3) is 3.68. The van der Waals surface area contributed by atoms with Gasteiger partial charge in [-0.25, -0.2) is 0 Å². The largest absolute Gasteiger partial charge is 0.354 e. The van der Waals surface area contributed by atoms with E-state index in [9.17, 15) is 4.79 Å². The van der Waals surface area contributed by atoms with Gasteiger partial charge in [0, 0.05) is 17.3 Å². The maximum atomic E-state index is 11.5. The second-order valence-corrected chi connectivity index (χ2v) is 6.52. The first-order valence-electron chi connectivity index (χ1n) is 5.82. The lowest BCUT2D eigenvalue weighted by Gasteiger charge is -2.22. The fraction of sp³-hybridized carbons (Fsp3) is 0.909. The van der Waals surface area contributed by atoms with E-state index in [0.29, 0.717) is 12.6 Å². The zero-order chi connectivity index (χ0) is 10.7. The average Bonchev–Trinajstić information content (AvgIpc) is 2.95. The Kier molecular flexibility index (Phi) is 3.57. The summed E-state index contributed by atoms with van der Waals surface area (Å²) in [4.78, 5) is 11.5. The number of thioether (sulfide) groups is 1. The number of hydrogen-bond acceptors (Lipinski definition) is 3. The second kappa shape index (κ2) is 4.74. The summed E-state index contributed by atoms with van der Waals surface area (Å²) >= 11 is 1.99. The Balaban J connectivity index is 1.60. The van der Waals surface area contributed by atoms with Crippen LogP contribution in [0.2, 0.25) is 0 Å². The number of amides is 1. The normalized spacial score (nSPS) is 30.5. The van der Waals surface area contributed by atoms with Gasteiger partial charge in [0.05, 0.1) is 6.54 Å². The Labute approximate surface area is 95.8 Å². The summed E-state index contributed by atoms with van der Waals surface area (Å²) in [5.74, 6) is 1.39. The van der Waals surface area contributed by atoms with Gasteiger partial charge in [0.1, 0.15) is 0 Å². The van der Waals surface area contributed by atoms with Crippen molar-refractivity contribution >= 4 is 17.7 Å². The van der Waals surface area contributed by atoms with Crippen LogP contribution in [0.1, 0.15) is 32.6 Å². The summed E-state index contributed by atoms with van der Waals surface area (Å²) in [6.07, 6.45) is 4.99. The number of hydrogen-bond donors (Lipinski definition) is 2. The van der Waals surface area contributed by atoms with Crippen LogP contribution in [0.3, 0.4) is 0 Å². The first-order chi connectivity index (χ1) is 7.18. The highest BCUT2D eigenvalue weighted by Crippen LogP contribution is 2.36. The van der Waals surface area contributed by atoms with Crippen molar-refractivity contribution in [2.24, 2.45) is 0 Å². The quantitative estimate of drug-likeness (QED) is 0.741. The van der Waals surface area contributed by atoms with Crippen LogP contribution in [0.15, 0.2) is 0 Å². The van der Waals surface area contributed by atoms with Crippen LogP contribution in [0.25, 0.3) is 0 Å². The van der Waals surface area contributed by atoms with Gasteiger partial charge in [0.2, 0.25) is 5.91 Å². The molecule has 2 fully saturated rings. The topological polar surface area (TPSA) is 41.1 Å². The molecule has 1 heterocycles. The molecule has 1 saturated heterocycles. The SMILES string of the molecule is CC1(CNC(=O)CNC2CC2)CCCS1. The second-order valence-electron chi connectivity index (χ2n) is 4.83. The molecule has 15 heavy (non-hydrogen) atoms. The summed E-state index contributed by atoms with van der Waals surface area (Å²) in [5, 5.41) is 6.25. The van der Waals surface area contributed by atoms with Gasteiger partial charge in [-0.1, -0.05) is 0 Å². The van der Waals surface area contributed by atoms with E-state index in [1.165, 1.54) is 31.4 Å². The van der Waals surface area contributed by atoms with Gasteiger partial charge in [-0.3, -0.25) is 4.79 Å². The Morgan fingerprint density at radius 2 is 2.33 bits per heavy atom. The first kappa shape index (κ1) is 11.3.